The molecule has 7 heteroatoms. The molecule has 170 valence electrons. The highest BCUT2D eigenvalue weighted by Crippen LogP contribution is 2.67. The molecule has 0 aromatic rings. The Balaban J connectivity index is 1.76. The molecule has 0 heterocycles. The maximum Gasteiger partial charge on any atom is 0.303 e. The van der Waals surface area contributed by atoms with Crippen LogP contribution in [0.1, 0.15) is 59.8 Å². The number of carbonyl (C=O) groups is 3. The second-order valence-electron chi connectivity index (χ2n) is 10.3. The third-order valence-corrected chi connectivity index (χ3v) is 8.81. The van der Waals surface area contributed by atoms with E-state index in [-0.39, 0.29) is 30.3 Å². The van der Waals surface area contributed by atoms with Crippen LogP contribution in [0, 0.1) is 28.6 Å². The summed E-state index contributed by atoms with van der Waals surface area (Å²) in [4.78, 5) is 36.1. The number of fused-ring (bicyclic) bond motifs is 5. The highest BCUT2D eigenvalue weighted by Gasteiger charge is 2.68. The Morgan fingerprint density at radius 1 is 1.29 bits per heavy atom. The van der Waals surface area contributed by atoms with Gasteiger partial charge in [0.05, 0.1) is 0 Å². The third-order valence-electron chi connectivity index (χ3n) is 8.81. The summed E-state index contributed by atoms with van der Waals surface area (Å²) in [6.07, 6.45) is 1.73. The monoisotopic (exact) mass is 436 g/mol. The fraction of sp³-hybridized carbons (Fsp3) is 0.708. The Morgan fingerprint density at radius 3 is 2.61 bits per heavy atom. The molecule has 0 aromatic carbocycles. The van der Waals surface area contributed by atoms with Crippen molar-refractivity contribution in [2.45, 2.75) is 71.6 Å². The number of ether oxygens (including phenoxy) is 1. The zero-order valence-electron chi connectivity index (χ0n) is 18.5. The lowest BCUT2D eigenvalue weighted by Gasteiger charge is -2.55. The van der Waals surface area contributed by atoms with Crippen molar-refractivity contribution in [3.05, 3.63) is 23.0 Å². The largest absolute Gasteiger partial charge is 0.458 e. The molecular weight excluding hydrogens is 406 g/mol. The number of esters is 1. The van der Waals surface area contributed by atoms with Gasteiger partial charge in [-0.2, -0.15) is 0 Å². The first-order valence-electron chi connectivity index (χ1n) is 11.0. The lowest BCUT2D eigenvalue weighted by Crippen LogP contribution is -2.58. The van der Waals surface area contributed by atoms with Crippen molar-refractivity contribution in [3.63, 3.8) is 0 Å². The fourth-order valence-electron chi connectivity index (χ4n) is 7.18. The van der Waals surface area contributed by atoms with E-state index in [1.54, 1.807) is 6.92 Å². The highest BCUT2D eigenvalue weighted by molar-refractivity contribution is 5.96. The molecule has 2 saturated carbocycles. The molecule has 0 amide bonds. The molecule has 1 N–H and O–H groups in total. The number of hydrogen-bond acceptors (Lipinski definition) is 5. The summed E-state index contributed by atoms with van der Waals surface area (Å²) in [5.74, 6) is -3.51. The lowest BCUT2D eigenvalue weighted by molar-refractivity contribution is -0.167. The molecule has 4 rings (SSSR count). The summed E-state index contributed by atoms with van der Waals surface area (Å²) in [7, 11) is 0. The van der Waals surface area contributed by atoms with Gasteiger partial charge in [-0.15, -0.1) is 0 Å². The van der Waals surface area contributed by atoms with E-state index in [1.807, 2.05) is 19.9 Å². The first kappa shape index (κ1) is 22.3. The third kappa shape index (κ3) is 2.84. The number of rotatable bonds is 3. The van der Waals surface area contributed by atoms with Crippen molar-refractivity contribution < 1.29 is 33.0 Å². The molecular formula is C24H30F2O5. The summed E-state index contributed by atoms with van der Waals surface area (Å²) in [6.45, 7) is 6.18. The van der Waals surface area contributed by atoms with Crippen LogP contribution in [-0.2, 0) is 19.1 Å². The summed E-state index contributed by atoms with van der Waals surface area (Å²) in [5.41, 5.74) is -2.50. The van der Waals surface area contributed by atoms with E-state index < -0.39 is 58.5 Å². The van der Waals surface area contributed by atoms with Crippen LogP contribution in [0.2, 0.25) is 0 Å². The second-order valence-corrected chi connectivity index (χ2v) is 10.3. The average Bonchev–Trinajstić information content (AvgIpc) is 2.91. The number of halogens is 2. The summed E-state index contributed by atoms with van der Waals surface area (Å²) in [5, 5.41) is 11.6. The molecule has 2 unspecified atom stereocenters. The molecule has 0 aromatic heterocycles. The first-order valence-corrected chi connectivity index (χ1v) is 11.0. The first-order chi connectivity index (χ1) is 14.4. The minimum atomic E-state index is -1.70. The number of allylic oxidation sites excluding steroid dienone is 4. The molecule has 0 bridgehead atoms. The zero-order chi connectivity index (χ0) is 22.9. The second kappa shape index (κ2) is 7.06. The average molecular weight is 436 g/mol. The van der Waals surface area contributed by atoms with Crippen LogP contribution in [0.25, 0.3) is 0 Å². The van der Waals surface area contributed by atoms with Gasteiger partial charge in [0.15, 0.2) is 18.2 Å². The van der Waals surface area contributed by atoms with Crippen molar-refractivity contribution in [1.29, 1.82) is 0 Å². The van der Waals surface area contributed by atoms with Gasteiger partial charge in [0.2, 0.25) is 5.78 Å². The maximum atomic E-state index is 15.3. The number of hydrogen-bond donors (Lipinski definition) is 1. The van der Waals surface area contributed by atoms with E-state index in [0.29, 0.717) is 19.3 Å². The van der Waals surface area contributed by atoms with Gasteiger partial charge in [0.25, 0.3) is 0 Å². The molecule has 0 radical (unpaired) electrons. The number of alkyl halides is 1. The SMILES string of the molecule is CC(=O)OCC(=O)[C@@]1(O)C(C)C[C@H]2[C@@H]3CC(F)C4=C(F)C(=O)CC[C@]4(C)C3=CC[C@@]21C. The minimum absolute atomic E-state index is 0.0258. The Hall–Kier alpha value is -1.89. The number of Topliss-reactive ketones (excluding diaryl/α,β-unsaturated/α-hetero) is 2. The van der Waals surface area contributed by atoms with Crippen LogP contribution in [-0.4, -0.2) is 41.0 Å². The molecule has 4 aliphatic rings. The van der Waals surface area contributed by atoms with Crippen molar-refractivity contribution in [3.8, 4) is 0 Å². The van der Waals surface area contributed by atoms with Gasteiger partial charge in [-0.3, -0.25) is 14.4 Å². The Morgan fingerprint density at radius 2 is 1.97 bits per heavy atom. The predicted molar refractivity (Wildman–Crippen MR) is 108 cm³/mol. The van der Waals surface area contributed by atoms with Crippen molar-refractivity contribution in [1.82, 2.24) is 0 Å². The zero-order valence-corrected chi connectivity index (χ0v) is 18.5. The summed E-state index contributed by atoms with van der Waals surface area (Å²) < 4.78 is 34.9. The van der Waals surface area contributed by atoms with E-state index in [9.17, 15) is 23.9 Å². The lowest BCUT2D eigenvalue weighted by atomic mass is 9.50. The molecule has 7 atom stereocenters. The predicted octanol–water partition coefficient (Wildman–Crippen LogP) is 3.79. The van der Waals surface area contributed by atoms with Gasteiger partial charge < -0.3 is 9.84 Å². The molecule has 31 heavy (non-hydrogen) atoms. The number of ketones is 2. The van der Waals surface area contributed by atoms with Crippen LogP contribution >= 0.6 is 0 Å². The highest BCUT2D eigenvalue weighted by atomic mass is 19.1. The molecule has 5 nitrogen and oxygen atoms in total. The van der Waals surface area contributed by atoms with Crippen LogP contribution in [0.5, 0.6) is 0 Å². The van der Waals surface area contributed by atoms with Crippen molar-refractivity contribution >= 4 is 17.5 Å². The van der Waals surface area contributed by atoms with Gasteiger partial charge >= 0.3 is 5.97 Å². The Labute approximate surface area is 180 Å². The van der Waals surface area contributed by atoms with Crippen LogP contribution < -0.4 is 0 Å². The minimum Gasteiger partial charge on any atom is -0.458 e. The van der Waals surface area contributed by atoms with Crippen LogP contribution in [0.3, 0.4) is 0 Å². The van der Waals surface area contributed by atoms with Crippen LogP contribution in [0.4, 0.5) is 8.78 Å². The van der Waals surface area contributed by atoms with E-state index in [1.165, 1.54) is 6.92 Å². The normalized spacial score (nSPS) is 44.2. The molecule has 2 fully saturated rings. The molecule has 0 saturated heterocycles. The van der Waals surface area contributed by atoms with E-state index in [4.69, 9.17) is 4.74 Å². The van der Waals surface area contributed by atoms with Gasteiger partial charge in [0.1, 0.15) is 11.8 Å². The van der Waals surface area contributed by atoms with E-state index >= 15 is 4.39 Å². The standard InChI is InChI=1S/C24H30F2O5/c1-12-9-16-14-10-17(25)20-21(26)18(28)6-7-22(20,3)15(14)5-8-23(16,4)24(12,30)19(29)11-31-13(2)27/h5,12,14,16-17,30H,6-11H2,1-4H3/t12?,14-,16+,17?,22-,23+,24+/m1/s1. The van der Waals surface area contributed by atoms with Gasteiger partial charge in [-0.25, -0.2) is 8.78 Å². The fourth-order valence-corrected chi connectivity index (χ4v) is 7.18. The quantitative estimate of drug-likeness (QED) is 0.538. The van der Waals surface area contributed by atoms with Crippen LogP contribution in [0.15, 0.2) is 23.0 Å². The van der Waals surface area contributed by atoms with E-state index in [2.05, 4.69) is 0 Å². The molecule has 0 aliphatic heterocycles. The van der Waals surface area contributed by atoms with E-state index in [0.717, 1.165) is 5.57 Å². The van der Waals surface area contributed by atoms with Gasteiger partial charge in [0, 0.05) is 29.7 Å². The van der Waals surface area contributed by atoms with Crippen molar-refractivity contribution in [2.75, 3.05) is 6.61 Å². The van der Waals surface area contributed by atoms with Gasteiger partial charge in [-0.05, 0) is 43.4 Å². The Kier molecular flexibility index (Phi) is 5.08. The molecule has 4 aliphatic carbocycles. The number of carbonyl (C=O) groups excluding carboxylic acids is 3. The topological polar surface area (TPSA) is 80.7 Å². The smallest absolute Gasteiger partial charge is 0.303 e. The van der Waals surface area contributed by atoms with Crippen molar-refractivity contribution in [2.24, 2.45) is 28.6 Å². The maximum absolute atomic E-state index is 15.3. The summed E-state index contributed by atoms with van der Waals surface area (Å²) >= 11 is 0. The Bertz CT molecular complexity index is 923. The number of aliphatic hydroxyl groups is 1. The summed E-state index contributed by atoms with van der Waals surface area (Å²) in [6, 6.07) is 0. The van der Waals surface area contributed by atoms with Gasteiger partial charge in [-0.1, -0.05) is 32.4 Å². The molecule has 0 spiro atoms.